The molecule has 0 bridgehead atoms. The van der Waals surface area contributed by atoms with E-state index in [9.17, 15) is 4.79 Å². The number of rotatable bonds is 2. The van der Waals surface area contributed by atoms with Gasteiger partial charge in [0.05, 0.1) is 0 Å². The van der Waals surface area contributed by atoms with Crippen molar-refractivity contribution in [3.63, 3.8) is 0 Å². The fourth-order valence-corrected chi connectivity index (χ4v) is 4.15. The summed E-state index contributed by atoms with van der Waals surface area (Å²) in [6, 6.07) is 5.59. The van der Waals surface area contributed by atoms with Crippen LogP contribution in [0.15, 0.2) is 23.1 Å². The van der Waals surface area contributed by atoms with Gasteiger partial charge in [0.25, 0.3) is 0 Å². The van der Waals surface area contributed by atoms with E-state index in [1.54, 1.807) is 22.7 Å². The maximum absolute atomic E-state index is 12.0. The highest BCUT2D eigenvalue weighted by molar-refractivity contribution is 8.00. The Morgan fingerprint density at radius 2 is 1.73 bits per heavy atom. The molecule has 0 atom stereocenters. The molecule has 0 unspecified atom stereocenters. The number of hydrogen-bond donors (Lipinski definition) is 0. The third-order valence-electron chi connectivity index (χ3n) is 3.23. The van der Waals surface area contributed by atoms with Gasteiger partial charge in [0.2, 0.25) is 0 Å². The van der Waals surface area contributed by atoms with Crippen LogP contribution in [0.2, 0.25) is 10.0 Å². The van der Waals surface area contributed by atoms with Crippen molar-refractivity contribution in [2.75, 3.05) is 13.1 Å². The van der Waals surface area contributed by atoms with E-state index < -0.39 is 5.60 Å². The molecular weight excluding hydrogens is 341 g/mol. The van der Waals surface area contributed by atoms with Crippen LogP contribution in [0.25, 0.3) is 0 Å². The normalized spacial score (nSPS) is 16.7. The highest BCUT2D eigenvalue weighted by Gasteiger charge is 2.27. The zero-order valence-corrected chi connectivity index (χ0v) is 15.4. The molecule has 2 rings (SSSR count). The van der Waals surface area contributed by atoms with Crippen LogP contribution in [0, 0.1) is 0 Å². The summed E-state index contributed by atoms with van der Waals surface area (Å²) < 4.78 is 5.41. The lowest BCUT2D eigenvalue weighted by molar-refractivity contribution is 0.0219. The number of halogens is 2. The van der Waals surface area contributed by atoms with Crippen molar-refractivity contribution < 1.29 is 9.53 Å². The van der Waals surface area contributed by atoms with Crippen molar-refractivity contribution >= 4 is 41.1 Å². The first kappa shape index (κ1) is 17.8. The lowest BCUT2D eigenvalue weighted by atomic mass is 10.1. The van der Waals surface area contributed by atoms with E-state index in [-0.39, 0.29) is 6.09 Å². The smallest absolute Gasteiger partial charge is 0.410 e. The van der Waals surface area contributed by atoms with Crippen LogP contribution < -0.4 is 0 Å². The second-order valence-corrected chi connectivity index (χ2v) is 8.64. The van der Waals surface area contributed by atoms with Gasteiger partial charge < -0.3 is 9.64 Å². The summed E-state index contributed by atoms with van der Waals surface area (Å²) in [6.07, 6.45) is 1.66. The number of thioether (sulfide) groups is 1. The number of nitrogens with zero attached hydrogens (tertiary/aromatic N) is 1. The summed E-state index contributed by atoms with van der Waals surface area (Å²) in [4.78, 5) is 14.9. The maximum atomic E-state index is 12.0. The molecule has 1 amide bonds. The molecule has 1 aromatic rings. The Labute approximate surface area is 146 Å². The molecule has 1 aliphatic heterocycles. The van der Waals surface area contributed by atoms with Gasteiger partial charge in [-0.2, -0.15) is 0 Å². The van der Waals surface area contributed by atoms with Gasteiger partial charge in [-0.05, 0) is 51.8 Å². The molecule has 22 heavy (non-hydrogen) atoms. The minimum atomic E-state index is -0.444. The van der Waals surface area contributed by atoms with Crippen molar-refractivity contribution in [1.82, 2.24) is 4.90 Å². The molecule has 3 nitrogen and oxygen atoms in total. The summed E-state index contributed by atoms with van der Waals surface area (Å²) in [5.74, 6) is 0. The van der Waals surface area contributed by atoms with Crippen LogP contribution in [-0.4, -0.2) is 34.9 Å². The number of likely N-dealkylation sites (tertiary alicyclic amines) is 1. The highest BCUT2D eigenvalue weighted by atomic mass is 35.5. The molecule has 1 aliphatic rings. The predicted molar refractivity (Wildman–Crippen MR) is 93.1 cm³/mol. The van der Waals surface area contributed by atoms with E-state index in [1.165, 1.54) is 0 Å². The Kier molecular flexibility index (Phi) is 5.92. The second kappa shape index (κ2) is 7.33. The molecular formula is C16H21Cl2NO2S. The van der Waals surface area contributed by atoms with Crippen LogP contribution in [0.3, 0.4) is 0 Å². The quantitative estimate of drug-likeness (QED) is 0.697. The molecule has 0 N–H and O–H groups in total. The van der Waals surface area contributed by atoms with Crippen molar-refractivity contribution in [2.45, 2.75) is 49.4 Å². The largest absolute Gasteiger partial charge is 0.444 e. The van der Waals surface area contributed by atoms with Crippen molar-refractivity contribution in [3.05, 3.63) is 28.2 Å². The van der Waals surface area contributed by atoms with Gasteiger partial charge in [-0.25, -0.2) is 4.79 Å². The Morgan fingerprint density at radius 3 is 2.23 bits per heavy atom. The number of carbonyl (C=O) groups excluding carboxylic acids is 1. The predicted octanol–water partition coefficient (Wildman–Crippen LogP) is 5.49. The number of benzene rings is 1. The molecule has 1 fully saturated rings. The molecule has 1 aromatic carbocycles. The van der Waals surface area contributed by atoms with E-state index in [0.29, 0.717) is 15.3 Å². The summed E-state index contributed by atoms with van der Waals surface area (Å²) in [6.45, 7) is 7.10. The fourth-order valence-electron chi connectivity index (χ4n) is 2.27. The summed E-state index contributed by atoms with van der Waals surface area (Å²) in [7, 11) is 0. The van der Waals surface area contributed by atoms with Gasteiger partial charge in [0.15, 0.2) is 0 Å². The van der Waals surface area contributed by atoms with Crippen molar-refractivity contribution in [1.29, 1.82) is 0 Å². The third kappa shape index (κ3) is 5.56. The van der Waals surface area contributed by atoms with Crippen molar-refractivity contribution in [2.24, 2.45) is 0 Å². The SMILES string of the molecule is CC(C)(C)OC(=O)N1CCC(Sc2cc(Cl)cc(Cl)c2)CC1. The Bertz CT molecular complexity index is 517. The minimum Gasteiger partial charge on any atom is -0.444 e. The van der Waals surface area contributed by atoms with E-state index in [0.717, 1.165) is 30.8 Å². The average Bonchev–Trinajstić information content (AvgIpc) is 2.36. The fraction of sp³-hybridized carbons (Fsp3) is 0.562. The lowest BCUT2D eigenvalue weighted by Crippen LogP contribution is -2.42. The summed E-state index contributed by atoms with van der Waals surface area (Å²) >= 11 is 13.8. The number of carbonyl (C=O) groups is 1. The Morgan fingerprint density at radius 1 is 1.18 bits per heavy atom. The first-order valence-corrected chi connectivity index (χ1v) is 8.97. The van der Waals surface area contributed by atoms with Gasteiger partial charge in [0.1, 0.15) is 5.60 Å². The Hall–Kier alpha value is -0.580. The molecule has 0 aliphatic carbocycles. The van der Waals surface area contributed by atoms with Gasteiger partial charge >= 0.3 is 6.09 Å². The third-order valence-corrected chi connectivity index (χ3v) is 4.98. The molecule has 6 heteroatoms. The topological polar surface area (TPSA) is 29.5 Å². The van der Waals surface area contributed by atoms with Crippen LogP contribution in [0.5, 0.6) is 0 Å². The molecule has 0 aromatic heterocycles. The van der Waals surface area contributed by atoms with Crippen molar-refractivity contribution in [3.8, 4) is 0 Å². The number of hydrogen-bond acceptors (Lipinski definition) is 3. The first-order chi connectivity index (χ1) is 10.2. The molecule has 0 saturated carbocycles. The van der Waals surface area contributed by atoms with Crippen LogP contribution in [-0.2, 0) is 4.74 Å². The molecule has 122 valence electrons. The van der Waals surface area contributed by atoms with Crippen LogP contribution in [0.1, 0.15) is 33.6 Å². The first-order valence-electron chi connectivity index (χ1n) is 7.33. The second-order valence-electron chi connectivity index (χ2n) is 6.39. The maximum Gasteiger partial charge on any atom is 0.410 e. The number of piperidine rings is 1. The summed E-state index contributed by atoms with van der Waals surface area (Å²) in [5, 5.41) is 1.77. The van der Waals surface area contributed by atoms with Gasteiger partial charge in [-0.15, -0.1) is 11.8 Å². The van der Waals surface area contributed by atoms with Crippen LogP contribution in [0.4, 0.5) is 4.79 Å². The van der Waals surface area contributed by atoms with Crippen LogP contribution >= 0.6 is 35.0 Å². The molecule has 0 spiro atoms. The van der Waals surface area contributed by atoms with Gasteiger partial charge in [-0.1, -0.05) is 23.2 Å². The summed E-state index contributed by atoms with van der Waals surface area (Å²) in [5.41, 5.74) is -0.444. The molecule has 0 radical (unpaired) electrons. The number of amides is 1. The Balaban J connectivity index is 1.86. The number of ether oxygens (including phenoxy) is 1. The van der Waals surface area contributed by atoms with Gasteiger partial charge in [0, 0.05) is 33.3 Å². The van der Waals surface area contributed by atoms with E-state index in [4.69, 9.17) is 27.9 Å². The zero-order chi connectivity index (χ0) is 16.3. The average molecular weight is 362 g/mol. The van der Waals surface area contributed by atoms with E-state index >= 15 is 0 Å². The minimum absolute atomic E-state index is 0.221. The zero-order valence-electron chi connectivity index (χ0n) is 13.1. The lowest BCUT2D eigenvalue weighted by Gasteiger charge is -2.33. The molecule has 1 saturated heterocycles. The standard InChI is InChI=1S/C16H21Cl2NO2S/c1-16(2,3)21-15(20)19-6-4-13(5-7-19)22-14-9-11(17)8-12(18)10-14/h8-10,13H,4-7H2,1-3H3. The van der Waals surface area contributed by atoms with Gasteiger partial charge in [-0.3, -0.25) is 0 Å². The monoisotopic (exact) mass is 361 g/mol. The van der Waals surface area contributed by atoms with E-state index in [2.05, 4.69) is 0 Å². The highest BCUT2D eigenvalue weighted by Crippen LogP contribution is 2.33. The van der Waals surface area contributed by atoms with E-state index in [1.807, 2.05) is 32.9 Å². The molecule has 1 heterocycles.